The SMILES string of the molecule is CCOC(=O)CCCC(=O)[C@@H]1O[P@](=O)(OCOC(=O)C(C)(C)C)OCC1(C)C. The quantitative estimate of drug-likeness (QED) is 0.313. The van der Waals surface area contributed by atoms with E-state index in [2.05, 4.69) is 0 Å². The van der Waals surface area contributed by atoms with Gasteiger partial charge in [0.2, 0.25) is 6.79 Å². The number of Topliss-reactive ketones (excluding diaryl/α,β-unsaturated/α-hetero) is 1. The minimum absolute atomic E-state index is 0.0359. The van der Waals surface area contributed by atoms with Gasteiger partial charge >= 0.3 is 19.8 Å². The summed E-state index contributed by atoms with van der Waals surface area (Å²) in [5.74, 6) is -1.23. The summed E-state index contributed by atoms with van der Waals surface area (Å²) in [6.07, 6.45) is -0.567. The number of rotatable bonds is 9. The van der Waals surface area contributed by atoms with Gasteiger partial charge in [-0.15, -0.1) is 0 Å². The number of ketones is 1. The van der Waals surface area contributed by atoms with Crippen molar-refractivity contribution in [2.24, 2.45) is 10.8 Å². The number of phosphoric ester groups is 1. The number of esters is 2. The molecule has 28 heavy (non-hydrogen) atoms. The zero-order valence-electron chi connectivity index (χ0n) is 17.4. The highest BCUT2D eigenvalue weighted by molar-refractivity contribution is 7.48. The highest BCUT2D eigenvalue weighted by Gasteiger charge is 2.48. The van der Waals surface area contributed by atoms with E-state index in [0.29, 0.717) is 6.42 Å². The van der Waals surface area contributed by atoms with Crippen LogP contribution in [0.2, 0.25) is 0 Å². The Balaban J connectivity index is 2.62. The van der Waals surface area contributed by atoms with Crippen LogP contribution in [0.5, 0.6) is 0 Å². The van der Waals surface area contributed by atoms with Crippen LogP contribution >= 0.6 is 7.82 Å². The summed E-state index contributed by atoms with van der Waals surface area (Å²) < 4.78 is 38.0. The molecule has 1 heterocycles. The van der Waals surface area contributed by atoms with E-state index in [4.69, 9.17) is 23.0 Å². The van der Waals surface area contributed by atoms with E-state index in [-0.39, 0.29) is 37.8 Å². The Bertz CT molecular complexity index is 621. The minimum Gasteiger partial charge on any atom is -0.466 e. The number of hydrogen-bond acceptors (Lipinski definition) is 9. The van der Waals surface area contributed by atoms with Gasteiger partial charge in [-0.1, -0.05) is 13.8 Å². The van der Waals surface area contributed by atoms with Crippen molar-refractivity contribution in [2.75, 3.05) is 20.0 Å². The smallest absolute Gasteiger partial charge is 0.466 e. The molecule has 1 fully saturated rings. The summed E-state index contributed by atoms with van der Waals surface area (Å²) in [7, 11) is -4.06. The van der Waals surface area contributed by atoms with Crippen molar-refractivity contribution < 1.29 is 42.0 Å². The Hall–Kier alpha value is -1.28. The maximum absolute atomic E-state index is 12.6. The third-order valence-electron chi connectivity index (χ3n) is 3.95. The number of ether oxygens (including phenoxy) is 2. The van der Waals surface area contributed by atoms with Crippen molar-refractivity contribution in [3.63, 3.8) is 0 Å². The molecule has 0 aromatic rings. The van der Waals surface area contributed by atoms with Crippen LogP contribution in [0.25, 0.3) is 0 Å². The van der Waals surface area contributed by atoms with Crippen LogP contribution in [-0.2, 0) is 42.0 Å². The molecule has 0 amide bonds. The van der Waals surface area contributed by atoms with Gasteiger partial charge in [0, 0.05) is 18.3 Å². The first-order chi connectivity index (χ1) is 12.8. The lowest BCUT2D eigenvalue weighted by Gasteiger charge is -2.39. The Morgan fingerprint density at radius 2 is 1.79 bits per heavy atom. The van der Waals surface area contributed by atoms with Gasteiger partial charge in [-0.25, -0.2) is 9.09 Å². The first kappa shape index (κ1) is 24.8. The number of carbonyl (C=O) groups excluding carboxylic acids is 3. The van der Waals surface area contributed by atoms with Gasteiger partial charge in [-0.2, -0.15) is 0 Å². The summed E-state index contributed by atoms with van der Waals surface area (Å²) in [5, 5.41) is 0. The van der Waals surface area contributed by atoms with Gasteiger partial charge in [0.05, 0.1) is 18.6 Å². The highest BCUT2D eigenvalue weighted by Crippen LogP contribution is 2.57. The Morgan fingerprint density at radius 3 is 2.36 bits per heavy atom. The van der Waals surface area contributed by atoms with Crippen molar-refractivity contribution in [2.45, 2.75) is 66.9 Å². The summed E-state index contributed by atoms with van der Waals surface area (Å²) >= 11 is 0. The molecule has 1 aliphatic rings. The predicted molar refractivity (Wildman–Crippen MR) is 99.2 cm³/mol. The van der Waals surface area contributed by atoms with Crippen LogP contribution in [-0.4, -0.2) is 43.8 Å². The van der Waals surface area contributed by atoms with Crippen LogP contribution < -0.4 is 0 Å². The molecular weight excluding hydrogens is 391 g/mol. The molecule has 1 aliphatic heterocycles. The zero-order valence-corrected chi connectivity index (χ0v) is 18.3. The first-order valence-electron chi connectivity index (χ1n) is 9.24. The fourth-order valence-electron chi connectivity index (χ4n) is 2.32. The second kappa shape index (κ2) is 9.96. The van der Waals surface area contributed by atoms with Gasteiger partial charge in [0.15, 0.2) is 5.78 Å². The van der Waals surface area contributed by atoms with Gasteiger partial charge in [0.25, 0.3) is 0 Å². The molecule has 9 nitrogen and oxygen atoms in total. The Morgan fingerprint density at radius 1 is 1.14 bits per heavy atom. The Labute approximate surface area is 166 Å². The molecule has 1 rings (SSSR count). The zero-order chi connectivity index (χ0) is 21.6. The van der Waals surface area contributed by atoms with Gasteiger partial charge in [-0.3, -0.25) is 23.4 Å². The lowest BCUT2D eigenvalue weighted by Crippen LogP contribution is -2.45. The maximum atomic E-state index is 12.6. The Kier molecular flexibility index (Phi) is 8.81. The third-order valence-corrected chi connectivity index (χ3v) is 5.29. The number of hydrogen-bond donors (Lipinski definition) is 0. The molecule has 0 spiro atoms. The molecule has 0 unspecified atom stereocenters. The fourth-order valence-corrected chi connectivity index (χ4v) is 3.85. The minimum atomic E-state index is -4.06. The molecule has 162 valence electrons. The third kappa shape index (κ3) is 7.62. The van der Waals surface area contributed by atoms with E-state index < -0.39 is 37.5 Å². The lowest BCUT2D eigenvalue weighted by molar-refractivity contribution is -0.163. The van der Waals surface area contributed by atoms with Crippen LogP contribution in [0, 0.1) is 10.8 Å². The summed E-state index contributed by atoms with van der Waals surface area (Å²) in [5.41, 5.74) is -1.48. The topological polar surface area (TPSA) is 114 Å². The van der Waals surface area contributed by atoms with E-state index in [9.17, 15) is 18.9 Å². The van der Waals surface area contributed by atoms with Gasteiger partial charge in [0.1, 0.15) is 6.10 Å². The van der Waals surface area contributed by atoms with Crippen LogP contribution in [0.3, 0.4) is 0 Å². The molecule has 0 N–H and O–H groups in total. The predicted octanol–water partition coefficient (Wildman–Crippen LogP) is 3.40. The van der Waals surface area contributed by atoms with Crippen molar-refractivity contribution >= 4 is 25.5 Å². The number of phosphoric acid groups is 1. The fraction of sp³-hybridized carbons (Fsp3) is 0.833. The van der Waals surface area contributed by atoms with E-state index >= 15 is 0 Å². The number of carbonyl (C=O) groups is 3. The van der Waals surface area contributed by atoms with Crippen LogP contribution in [0.1, 0.15) is 60.8 Å². The second-order valence-electron chi connectivity index (χ2n) is 8.25. The molecule has 0 saturated carbocycles. The first-order valence-corrected chi connectivity index (χ1v) is 10.7. The van der Waals surface area contributed by atoms with E-state index in [1.54, 1.807) is 41.5 Å². The second-order valence-corrected chi connectivity index (χ2v) is 9.87. The summed E-state index contributed by atoms with van der Waals surface area (Å²) in [6, 6.07) is 0. The van der Waals surface area contributed by atoms with Crippen molar-refractivity contribution in [3.8, 4) is 0 Å². The van der Waals surface area contributed by atoms with E-state index in [1.807, 2.05) is 0 Å². The van der Waals surface area contributed by atoms with E-state index in [0.717, 1.165) is 0 Å². The average molecular weight is 422 g/mol. The molecular formula is C18H31O9P. The largest absolute Gasteiger partial charge is 0.478 e. The molecule has 10 heteroatoms. The highest BCUT2D eigenvalue weighted by atomic mass is 31.2. The molecule has 0 aromatic carbocycles. The van der Waals surface area contributed by atoms with Gasteiger partial charge in [-0.05, 0) is 34.1 Å². The molecule has 0 radical (unpaired) electrons. The van der Waals surface area contributed by atoms with Crippen molar-refractivity contribution in [1.29, 1.82) is 0 Å². The summed E-state index contributed by atoms with van der Waals surface area (Å²) in [6.45, 7) is 9.81. The summed E-state index contributed by atoms with van der Waals surface area (Å²) in [4.78, 5) is 35.7. The van der Waals surface area contributed by atoms with Crippen molar-refractivity contribution in [1.82, 2.24) is 0 Å². The molecule has 0 aliphatic carbocycles. The standard InChI is InChI=1S/C18H31O9P/c1-7-23-14(20)10-8-9-13(19)15-18(5,6)11-25-28(22,27-15)26-12-24-16(21)17(2,3)4/h15H,7-12H2,1-6H3/t15-,28-/m0/s1. The monoisotopic (exact) mass is 422 g/mol. The molecule has 0 bridgehead atoms. The van der Waals surface area contributed by atoms with Crippen LogP contribution in [0.4, 0.5) is 0 Å². The average Bonchev–Trinajstić information content (AvgIpc) is 2.56. The van der Waals surface area contributed by atoms with E-state index in [1.165, 1.54) is 0 Å². The normalized spacial score (nSPS) is 24.4. The molecule has 1 saturated heterocycles. The molecule has 2 atom stereocenters. The van der Waals surface area contributed by atoms with Crippen LogP contribution in [0.15, 0.2) is 0 Å². The molecule has 0 aromatic heterocycles. The van der Waals surface area contributed by atoms with Crippen molar-refractivity contribution in [3.05, 3.63) is 0 Å². The van der Waals surface area contributed by atoms with Gasteiger partial charge < -0.3 is 9.47 Å². The lowest BCUT2D eigenvalue weighted by atomic mass is 9.84. The maximum Gasteiger partial charge on any atom is 0.478 e.